The highest BCUT2D eigenvalue weighted by Crippen LogP contribution is 2.29. The zero-order valence-corrected chi connectivity index (χ0v) is 13.0. The number of nitrogens with one attached hydrogen (secondary N) is 1. The van der Waals surface area contributed by atoms with Gasteiger partial charge in [0.1, 0.15) is 0 Å². The minimum atomic E-state index is 0.770. The summed E-state index contributed by atoms with van der Waals surface area (Å²) in [6, 6.07) is 14.7. The van der Waals surface area contributed by atoms with Gasteiger partial charge in [-0.2, -0.15) is 0 Å². The minimum absolute atomic E-state index is 0.770. The van der Waals surface area contributed by atoms with Crippen LogP contribution >= 0.6 is 11.6 Å². The van der Waals surface area contributed by atoms with Crippen molar-refractivity contribution in [1.82, 2.24) is 5.32 Å². The van der Waals surface area contributed by atoms with E-state index in [1.165, 1.54) is 22.3 Å². The largest absolute Gasteiger partial charge is 0.318 e. The molecular weight excluding hydrogens is 280 g/mol. The van der Waals surface area contributed by atoms with Crippen molar-refractivity contribution >= 4 is 17.3 Å². The van der Waals surface area contributed by atoms with Crippen LogP contribution in [0.5, 0.6) is 0 Å². The van der Waals surface area contributed by atoms with Gasteiger partial charge in [-0.05, 0) is 37.1 Å². The SMILES string of the molecule is CNCC/N=C1/c2ccccc2CCc2c(Cl)cccc21. The van der Waals surface area contributed by atoms with Gasteiger partial charge in [0.15, 0.2) is 0 Å². The van der Waals surface area contributed by atoms with Gasteiger partial charge in [-0.25, -0.2) is 0 Å². The second-order valence-corrected chi connectivity index (χ2v) is 5.66. The Labute approximate surface area is 130 Å². The third-order valence-electron chi connectivity index (χ3n) is 3.92. The standard InChI is InChI=1S/C18H19ClN2/c1-20-11-12-21-18-14-6-3-2-5-13(14)9-10-15-16(18)7-4-8-17(15)19/h2-8,20H,9-12H2,1H3/b21-18-. The number of nitrogens with zero attached hydrogens (tertiary/aromatic N) is 1. The highest BCUT2D eigenvalue weighted by Gasteiger charge is 2.20. The number of rotatable bonds is 3. The molecule has 0 amide bonds. The molecule has 3 heteroatoms. The van der Waals surface area contributed by atoms with Gasteiger partial charge in [0.05, 0.1) is 12.3 Å². The molecule has 0 saturated carbocycles. The first-order valence-corrected chi connectivity index (χ1v) is 7.74. The molecule has 2 aromatic rings. The molecule has 108 valence electrons. The normalized spacial score (nSPS) is 15.4. The molecule has 0 saturated heterocycles. The zero-order chi connectivity index (χ0) is 14.7. The van der Waals surface area contributed by atoms with Crippen LogP contribution in [0, 0.1) is 0 Å². The average Bonchev–Trinajstić information content (AvgIpc) is 2.66. The maximum absolute atomic E-state index is 6.42. The molecule has 1 aliphatic rings. The fourth-order valence-corrected chi connectivity index (χ4v) is 3.13. The Kier molecular flexibility index (Phi) is 4.37. The molecule has 2 nitrogen and oxygen atoms in total. The van der Waals surface area contributed by atoms with Gasteiger partial charge in [0, 0.05) is 22.7 Å². The summed E-state index contributed by atoms with van der Waals surface area (Å²) in [5.74, 6) is 0. The maximum atomic E-state index is 6.42. The number of hydrogen-bond donors (Lipinski definition) is 1. The van der Waals surface area contributed by atoms with E-state index >= 15 is 0 Å². The van der Waals surface area contributed by atoms with E-state index in [0.717, 1.165) is 36.7 Å². The van der Waals surface area contributed by atoms with Gasteiger partial charge in [-0.1, -0.05) is 48.0 Å². The van der Waals surface area contributed by atoms with E-state index in [2.05, 4.69) is 35.6 Å². The van der Waals surface area contributed by atoms with Crippen molar-refractivity contribution in [2.24, 2.45) is 4.99 Å². The van der Waals surface area contributed by atoms with Crippen LogP contribution in [0.15, 0.2) is 47.5 Å². The summed E-state index contributed by atoms with van der Waals surface area (Å²) in [5.41, 5.74) is 6.08. The summed E-state index contributed by atoms with van der Waals surface area (Å²) < 4.78 is 0. The third-order valence-corrected chi connectivity index (χ3v) is 4.28. The molecule has 0 aromatic heterocycles. The second-order valence-electron chi connectivity index (χ2n) is 5.26. The number of likely N-dealkylation sites (N-methyl/N-ethyl adjacent to an activating group) is 1. The van der Waals surface area contributed by atoms with Gasteiger partial charge < -0.3 is 5.32 Å². The smallest absolute Gasteiger partial charge is 0.0725 e. The fourth-order valence-electron chi connectivity index (χ4n) is 2.86. The van der Waals surface area contributed by atoms with Crippen molar-refractivity contribution < 1.29 is 0 Å². The average molecular weight is 299 g/mol. The lowest BCUT2D eigenvalue weighted by molar-refractivity contribution is 0.803. The van der Waals surface area contributed by atoms with E-state index in [0.29, 0.717) is 0 Å². The maximum Gasteiger partial charge on any atom is 0.0725 e. The molecule has 0 unspecified atom stereocenters. The first-order valence-electron chi connectivity index (χ1n) is 7.36. The highest BCUT2D eigenvalue weighted by atomic mass is 35.5. The number of fused-ring (bicyclic) bond motifs is 2. The summed E-state index contributed by atoms with van der Waals surface area (Å²) >= 11 is 6.42. The number of aliphatic imine (C=N–C) groups is 1. The van der Waals surface area contributed by atoms with Crippen molar-refractivity contribution in [3.05, 3.63) is 69.7 Å². The minimum Gasteiger partial charge on any atom is -0.318 e. The summed E-state index contributed by atoms with van der Waals surface area (Å²) in [5, 5.41) is 4.00. The highest BCUT2D eigenvalue weighted by molar-refractivity contribution is 6.32. The van der Waals surface area contributed by atoms with Crippen LogP contribution in [0.1, 0.15) is 22.3 Å². The summed E-state index contributed by atoms with van der Waals surface area (Å²) in [6.07, 6.45) is 1.98. The molecule has 0 heterocycles. The molecule has 0 atom stereocenters. The van der Waals surface area contributed by atoms with Crippen LogP contribution < -0.4 is 5.32 Å². The number of aryl methyl sites for hydroxylation is 1. The summed E-state index contributed by atoms with van der Waals surface area (Å²) in [6.45, 7) is 1.65. The van der Waals surface area contributed by atoms with Gasteiger partial charge in [0.2, 0.25) is 0 Å². The van der Waals surface area contributed by atoms with Gasteiger partial charge in [0.25, 0.3) is 0 Å². The molecule has 0 bridgehead atoms. The summed E-state index contributed by atoms with van der Waals surface area (Å²) in [7, 11) is 1.95. The van der Waals surface area contributed by atoms with Crippen LogP contribution in [-0.4, -0.2) is 25.8 Å². The third kappa shape index (κ3) is 2.87. The molecule has 1 aliphatic carbocycles. The molecule has 0 aliphatic heterocycles. The number of benzene rings is 2. The number of halogens is 1. The van der Waals surface area contributed by atoms with E-state index < -0.39 is 0 Å². The van der Waals surface area contributed by atoms with Gasteiger partial charge in [-0.3, -0.25) is 4.99 Å². The Hall–Kier alpha value is -1.64. The quantitative estimate of drug-likeness (QED) is 0.862. The molecule has 3 rings (SSSR count). The van der Waals surface area contributed by atoms with Crippen LogP contribution in [0.3, 0.4) is 0 Å². The lowest BCUT2D eigenvalue weighted by Crippen LogP contribution is -2.14. The van der Waals surface area contributed by atoms with Crippen molar-refractivity contribution in [3.63, 3.8) is 0 Å². The summed E-state index contributed by atoms with van der Waals surface area (Å²) in [4.78, 5) is 4.85. The molecule has 0 fully saturated rings. The Morgan fingerprint density at radius 1 is 1.05 bits per heavy atom. The van der Waals surface area contributed by atoms with E-state index in [1.54, 1.807) is 0 Å². The van der Waals surface area contributed by atoms with Gasteiger partial charge >= 0.3 is 0 Å². The Balaban J connectivity index is 2.15. The molecule has 0 radical (unpaired) electrons. The van der Waals surface area contributed by atoms with Crippen molar-refractivity contribution in [1.29, 1.82) is 0 Å². The van der Waals surface area contributed by atoms with Crippen molar-refractivity contribution in [2.75, 3.05) is 20.1 Å². The van der Waals surface area contributed by atoms with Crippen LogP contribution in [0.25, 0.3) is 0 Å². The molecule has 21 heavy (non-hydrogen) atoms. The fraction of sp³-hybridized carbons (Fsp3) is 0.278. The van der Waals surface area contributed by atoms with E-state index in [9.17, 15) is 0 Å². The predicted molar refractivity (Wildman–Crippen MR) is 89.7 cm³/mol. The van der Waals surface area contributed by atoms with E-state index in [1.807, 2.05) is 19.2 Å². The monoisotopic (exact) mass is 298 g/mol. The van der Waals surface area contributed by atoms with Crippen molar-refractivity contribution in [3.8, 4) is 0 Å². The van der Waals surface area contributed by atoms with Crippen molar-refractivity contribution in [2.45, 2.75) is 12.8 Å². The molecule has 0 spiro atoms. The van der Waals surface area contributed by atoms with E-state index in [-0.39, 0.29) is 0 Å². The van der Waals surface area contributed by atoms with Crippen LogP contribution in [0.2, 0.25) is 5.02 Å². The zero-order valence-electron chi connectivity index (χ0n) is 12.2. The van der Waals surface area contributed by atoms with Gasteiger partial charge in [-0.15, -0.1) is 0 Å². The predicted octanol–water partition coefficient (Wildman–Crippen LogP) is 3.50. The number of hydrogen-bond acceptors (Lipinski definition) is 2. The first kappa shape index (κ1) is 14.3. The molecule has 1 N–H and O–H groups in total. The lowest BCUT2D eigenvalue weighted by atomic mass is 9.98. The van der Waals surface area contributed by atoms with E-state index in [4.69, 9.17) is 16.6 Å². The van der Waals surface area contributed by atoms with Crippen LogP contribution in [0.4, 0.5) is 0 Å². The first-order chi connectivity index (χ1) is 10.3. The lowest BCUT2D eigenvalue weighted by Gasteiger charge is -2.11. The molecule has 2 aromatic carbocycles. The van der Waals surface area contributed by atoms with Crippen LogP contribution in [-0.2, 0) is 12.8 Å². The topological polar surface area (TPSA) is 24.4 Å². The Bertz CT molecular complexity index is 677. The second kappa shape index (κ2) is 6.42. The molecular formula is C18H19ClN2. The Morgan fingerprint density at radius 3 is 2.71 bits per heavy atom. The Morgan fingerprint density at radius 2 is 1.86 bits per heavy atom.